The number of anilines is 1. The summed E-state index contributed by atoms with van der Waals surface area (Å²) < 4.78 is 13.2. The summed E-state index contributed by atoms with van der Waals surface area (Å²) in [6.07, 6.45) is 0.904. The molecule has 3 N–H and O–H groups in total. The minimum atomic E-state index is -1.13. The maximum atomic E-state index is 12.8. The normalized spacial score (nSPS) is 12.2. The third-order valence-corrected chi connectivity index (χ3v) is 6.14. The number of nitrogens with zero attached hydrogens (tertiary/aromatic N) is 5. The van der Waals surface area contributed by atoms with Crippen molar-refractivity contribution in [2.24, 2.45) is 5.73 Å². The second-order valence-electron chi connectivity index (χ2n) is 9.44. The summed E-state index contributed by atoms with van der Waals surface area (Å²) in [4.78, 5) is 30.9. The summed E-state index contributed by atoms with van der Waals surface area (Å²) in [6.45, 7) is 3.57. The maximum Gasteiger partial charge on any atom is 0.414 e. The molecule has 39 heavy (non-hydrogen) atoms. The zero-order valence-electron chi connectivity index (χ0n) is 21.9. The molecule has 0 spiro atoms. The molecular weight excluding hydrogens is 522 g/mol. The summed E-state index contributed by atoms with van der Waals surface area (Å²) >= 11 is 6.12. The van der Waals surface area contributed by atoms with Crippen LogP contribution in [0.15, 0.2) is 66.9 Å². The molecule has 3 aromatic heterocycles. The maximum absolute atomic E-state index is 12.8. The number of nitrogens with two attached hydrogens (primary N) is 1. The lowest BCUT2D eigenvalue weighted by Crippen LogP contribution is -2.51. The number of rotatable bonds is 10. The number of amides is 2. The van der Waals surface area contributed by atoms with E-state index in [1.54, 1.807) is 55.6 Å². The molecule has 12 heteroatoms. The Morgan fingerprint density at radius 1 is 1.08 bits per heavy atom. The van der Waals surface area contributed by atoms with Crippen molar-refractivity contribution in [2.45, 2.75) is 38.6 Å². The van der Waals surface area contributed by atoms with Gasteiger partial charge < -0.3 is 20.5 Å². The number of halogens is 1. The summed E-state index contributed by atoms with van der Waals surface area (Å²) in [5.41, 5.74) is 7.40. The van der Waals surface area contributed by atoms with Crippen molar-refractivity contribution in [3.05, 3.63) is 89.1 Å². The lowest BCUT2D eigenvalue weighted by atomic mass is 10.1. The van der Waals surface area contributed by atoms with Gasteiger partial charge in [-0.25, -0.2) is 9.78 Å². The fraction of sp³-hybridized carbons (Fsp3) is 0.296. The number of fused-ring (bicyclic) bond motifs is 1. The van der Waals surface area contributed by atoms with E-state index in [1.807, 2.05) is 30.3 Å². The van der Waals surface area contributed by atoms with Gasteiger partial charge in [-0.15, -0.1) is 10.2 Å². The molecule has 4 aromatic rings. The van der Waals surface area contributed by atoms with Gasteiger partial charge in [0.2, 0.25) is 5.91 Å². The van der Waals surface area contributed by atoms with E-state index in [1.165, 1.54) is 11.1 Å². The minimum Gasteiger partial charge on any atom is -0.443 e. The first-order chi connectivity index (χ1) is 18.6. The van der Waals surface area contributed by atoms with E-state index in [0.717, 1.165) is 5.56 Å². The number of hydrogen-bond donors (Lipinski definition) is 2. The SMILES string of the molecule is CN(C(=O)OCc1cccc2nnc([C@@H](COCc3ccccc3)NC(=O)C(C)(C)N)n12)c1cccnc1Cl. The fourth-order valence-corrected chi connectivity index (χ4v) is 3.97. The number of aromatic nitrogens is 4. The van der Waals surface area contributed by atoms with Crippen LogP contribution in [-0.2, 0) is 27.5 Å². The van der Waals surface area contributed by atoms with Crippen molar-refractivity contribution in [1.29, 1.82) is 0 Å². The van der Waals surface area contributed by atoms with Crippen LogP contribution in [-0.4, -0.2) is 50.8 Å². The highest BCUT2D eigenvalue weighted by molar-refractivity contribution is 6.32. The lowest BCUT2D eigenvalue weighted by Gasteiger charge is -2.24. The molecule has 0 unspecified atom stereocenters. The first-order valence-electron chi connectivity index (χ1n) is 12.2. The molecular formula is C27H30ClN7O4. The van der Waals surface area contributed by atoms with E-state index < -0.39 is 17.7 Å². The quantitative estimate of drug-likeness (QED) is 0.285. The first kappa shape index (κ1) is 28.0. The summed E-state index contributed by atoms with van der Waals surface area (Å²) in [6, 6.07) is 17.6. The van der Waals surface area contributed by atoms with Crippen molar-refractivity contribution in [2.75, 3.05) is 18.6 Å². The van der Waals surface area contributed by atoms with Gasteiger partial charge in [-0.3, -0.25) is 14.1 Å². The Hall–Kier alpha value is -4.06. The highest BCUT2D eigenvalue weighted by Gasteiger charge is 2.29. The number of pyridine rings is 2. The average molecular weight is 552 g/mol. The van der Waals surface area contributed by atoms with Gasteiger partial charge in [-0.1, -0.05) is 48.0 Å². The molecule has 0 bridgehead atoms. The molecule has 3 heterocycles. The number of benzene rings is 1. The number of hydrogen-bond acceptors (Lipinski definition) is 8. The van der Waals surface area contributed by atoms with Gasteiger partial charge in [-0.05, 0) is 43.7 Å². The molecule has 4 rings (SSSR count). The van der Waals surface area contributed by atoms with E-state index >= 15 is 0 Å². The number of ether oxygens (including phenoxy) is 2. The molecule has 0 aliphatic rings. The van der Waals surface area contributed by atoms with E-state index in [2.05, 4.69) is 20.5 Å². The number of nitrogens with one attached hydrogen (secondary N) is 1. The molecule has 0 saturated heterocycles. The zero-order valence-corrected chi connectivity index (χ0v) is 22.6. The van der Waals surface area contributed by atoms with Crippen LogP contribution in [0, 0.1) is 0 Å². The molecule has 1 atom stereocenters. The third kappa shape index (κ3) is 6.88. The van der Waals surface area contributed by atoms with E-state index in [0.29, 0.717) is 29.5 Å². The van der Waals surface area contributed by atoms with Crippen LogP contribution in [0.2, 0.25) is 5.15 Å². The average Bonchev–Trinajstić information content (AvgIpc) is 3.36. The monoisotopic (exact) mass is 551 g/mol. The Morgan fingerprint density at radius 3 is 2.56 bits per heavy atom. The molecule has 2 amide bonds. The predicted octanol–water partition coefficient (Wildman–Crippen LogP) is 3.66. The van der Waals surface area contributed by atoms with Crippen LogP contribution < -0.4 is 16.0 Å². The molecule has 0 saturated carbocycles. The van der Waals surface area contributed by atoms with E-state index in [-0.39, 0.29) is 24.3 Å². The lowest BCUT2D eigenvalue weighted by molar-refractivity contribution is -0.126. The molecule has 204 valence electrons. The largest absolute Gasteiger partial charge is 0.443 e. The molecule has 0 radical (unpaired) electrons. The molecule has 0 aliphatic carbocycles. The van der Waals surface area contributed by atoms with Gasteiger partial charge in [-0.2, -0.15) is 0 Å². The Morgan fingerprint density at radius 2 is 1.85 bits per heavy atom. The van der Waals surface area contributed by atoms with Crippen LogP contribution in [0.3, 0.4) is 0 Å². The van der Waals surface area contributed by atoms with Crippen LogP contribution in [0.4, 0.5) is 10.5 Å². The van der Waals surface area contributed by atoms with Crippen molar-refractivity contribution >= 4 is 34.9 Å². The Balaban J connectivity index is 1.57. The second-order valence-corrected chi connectivity index (χ2v) is 9.80. The van der Waals surface area contributed by atoms with Crippen molar-refractivity contribution < 1.29 is 19.1 Å². The van der Waals surface area contributed by atoms with E-state index in [4.69, 9.17) is 26.8 Å². The van der Waals surface area contributed by atoms with Gasteiger partial charge in [0.25, 0.3) is 0 Å². The van der Waals surface area contributed by atoms with Crippen molar-refractivity contribution in [3.8, 4) is 0 Å². The first-order valence-corrected chi connectivity index (χ1v) is 12.6. The third-order valence-electron chi connectivity index (χ3n) is 5.85. The smallest absolute Gasteiger partial charge is 0.414 e. The van der Waals surface area contributed by atoms with Crippen LogP contribution in [0.5, 0.6) is 0 Å². The number of carbonyl (C=O) groups excluding carboxylic acids is 2. The zero-order chi connectivity index (χ0) is 28.0. The standard InChI is InChI=1S/C27H30ClN7O4/c1-27(2,29)25(36)31-20(17-38-15-18-9-5-4-6-10-18)24-33-32-22-13-7-11-19(35(22)24)16-39-26(37)34(3)21-12-8-14-30-23(21)28/h4-14,20H,15-17,29H2,1-3H3,(H,31,36)/t20-/m1/s1. The van der Waals surface area contributed by atoms with Gasteiger partial charge in [0.1, 0.15) is 12.6 Å². The molecule has 0 fully saturated rings. The minimum absolute atomic E-state index is 0.0998. The van der Waals surface area contributed by atoms with Gasteiger partial charge >= 0.3 is 6.09 Å². The topological polar surface area (TPSA) is 137 Å². The van der Waals surface area contributed by atoms with Gasteiger partial charge in [0.05, 0.1) is 30.1 Å². The van der Waals surface area contributed by atoms with Crippen molar-refractivity contribution in [1.82, 2.24) is 24.9 Å². The fourth-order valence-electron chi connectivity index (χ4n) is 3.72. The molecule has 0 aliphatic heterocycles. The predicted molar refractivity (Wildman–Crippen MR) is 146 cm³/mol. The molecule has 11 nitrogen and oxygen atoms in total. The molecule has 1 aromatic carbocycles. The van der Waals surface area contributed by atoms with Crippen LogP contribution in [0.1, 0.15) is 37.0 Å². The van der Waals surface area contributed by atoms with Crippen molar-refractivity contribution in [3.63, 3.8) is 0 Å². The van der Waals surface area contributed by atoms with Crippen LogP contribution >= 0.6 is 11.6 Å². The highest BCUT2D eigenvalue weighted by Crippen LogP contribution is 2.23. The Bertz CT molecular complexity index is 1440. The number of carbonyl (C=O) groups is 2. The van der Waals surface area contributed by atoms with Gasteiger partial charge in [0, 0.05) is 13.2 Å². The van der Waals surface area contributed by atoms with Gasteiger partial charge in [0.15, 0.2) is 16.6 Å². The highest BCUT2D eigenvalue weighted by atomic mass is 35.5. The van der Waals surface area contributed by atoms with Crippen LogP contribution in [0.25, 0.3) is 5.65 Å². The second kappa shape index (κ2) is 12.2. The summed E-state index contributed by atoms with van der Waals surface area (Å²) in [5, 5.41) is 11.7. The summed E-state index contributed by atoms with van der Waals surface area (Å²) in [7, 11) is 1.54. The summed E-state index contributed by atoms with van der Waals surface area (Å²) in [5.74, 6) is 0.0254. The Kier molecular flexibility index (Phi) is 8.75. The Labute approximate surface area is 230 Å². The van der Waals surface area contributed by atoms with E-state index in [9.17, 15) is 9.59 Å².